The molecule has 0 saturated carbocycles. The van der Waals surface area contributed by atoms with Gasteiger partial charge in [-0.2, -0.15) is 18.3 Å². The molecule has 1 aromatic carbocycles. The van der Waals surface area contributed by atoms with Crippen LogP contribution in [0.4, 0.5) is 18.9 Å². The standard InChI is InChI=1S/C16H11ClF3N3O4S/c1-27-14-3-2-11(28(25,26)16(18,19)20)8-12(14)21-15(24)13-7-10-6-9(17)4-5-23(10)22-13/h2-8H,1H3,(H,21,24). The van der Waals surface area contributed by atoms with Gasteiger partial charge in [0.05, 0.1) is 23.2 Å². The van der Waals surface area contributed by atoms with Crippen molar-refractivity contribution in [1.29, 1.82) is 0 Å². The van der Waals surface area contributed by atoms with E-state index in [1.165, 1.54) is 23.9 Å². The Morgan fingerprint density at radius 3 is 2.57 bits per heavy atom. The summed E-state index contributed by atoms with van der Waals surface area (Å²) in [7, 11) is -4.37. The van der Waals surface area contributed by atoms with Crippen LogP contribution in [0.25, 0.3) is 5.52 Å². The second-order valence-corrected chi connectivity index (χ2v) is 7.89. The predicted molar refractivity (Wildman–Crippen MR) is 94.4 cm³/mol. The van der Waals surface area contributed by atoms with Crippen molar-refractivity contribution in [2.24, 2.45) is 0 Å². The lowest BCUT2D eigenvalue weighted by Gasteiger charge is -2.13. The zero-order chi connectivity index (χ0) is 20.7. The van der Waals surface area contributed by atoms with Gasteiger partial charge in [0.1, 0.15) is 5.75 Å². The lowest BCUT2D eigenvalue weighted by Crippen LogP contribution is -2.23. The monoisotopic (exact) mass is 433 g/mol. The Kier molecular flexibility index (Phi) is 4.98. The molecule has 0 fully saturated rings. The van der Waals surface area contributed by atoms with E-state index >= 15 is 0 Å². The Bertz CT molecular complexity index is 1180. The zero-order valence-corrected chi connectivity index (χ0v) is 15.6. The Hall–Kier alpha value is -2.79. The highest BCUT2D eigenvalue weighted by Crippen LogP contribution is 2.34. The van der Waals surface area contributed by atoms with E-state index in [4.69, 9.17) is 16.3 Å². The van der Waals surface area contributed by atoms with E-state index in [9.17, 15) is 26.4 Å². The molecule has 0 saturated heterocycles. The third-order valence-corrected chi connectivity index (χ3v) is 5.41. The van der Waals surface area contributed by atoms with Gasteiger partial charge in [0.25, 0.3) is 15.7 Å². The van der Waals surface area contributed by atoms with Gasteiger partial charge in [0.2, 0.25) is 0 Å². The maximum absolute atomic E-state index is 12.8. The Morgan fingerprint density at radius 2 is 1.93 bits per heavy atom. The molecule has 28 heavy (non-hydrogen) atoms. The van der Waals surface area contributed by atoms with Gasteiger partial charge in [-0.15, -0.1) is 0 Å². The number of anilines is 1. The van der Waals surface area contributed by atoms with E-state index in [2.05, 4.69) is 10.4 Å². The van der Waals surface area contributed by atoms with E-state index in [0.717, 1.165) is 12.1 Å². The fraction of sp³-hybridized carbons (Fsp3) is 0.125. The Balaban J connectivity index is 1.98. The van der Waals surface area contributed by atoms with Crippen LogP contribution in [0.5, 0.6) is 5.75 Å². The largest absolute Gasteiger partial charge is 0.501 e. The molecule has 0 unspecified atom stereocenters. The second kappa shape index (κ2) is 6.99. The van der Waals surface area contributed by atoms with Crippen LogP contribution in [-0.2, 0) is 9.84 Å². The van der Waals surface area contributed by atoms with Crippen LogP contribution in [0.2, 0.25) is 5.02 Å². The molecule has 12 heteroatoms. The van der Waals surface area contributed by atoms with Crippen LogP contribution in [-0.4, -0.2) is 36.6 Å². The zero-order valence-electron chi connectivity index (χ0n) is 14.0. The molecular weight excluding hydrogens is 423 g/mol. The van der Waals surface area contributed by atoms with Crippen LogP contribution in [0.15, 0.2) is 47.5 Å². The van der Waals surface area contributed by atoms with Gasteiger partial charge in [0.15, 0.2) is 5.69 Å². The molecule has 7 nitrogen and oxygen atoms in total. The lowest BCUT2D eigenvalue weighted by atomic mass is 10.2. The number of fused-ring (bicyclic) bond motifs is 1. The summed E-state index contributed by atoms with van der Waals surface area (Å²) < 4.78 is 67.9. The van der Waals surface area contributed by atoms with E-state index < -0.39 is 26.1 Å². The molecular formula is C16H11ClF3N3O4S. The van der Waals surface area contributed by atoms with Crippen molar-refractivity contribution >= 4 is 38.5 Å². The number of nitrogens with zero attached hydrogens (tertiary/aromatic N) is 2. The number of sulfone groups is 1. The van der Waals surface area contributed by atoms with Crippen LogP contribution in [0, 0.1) is 0 Å². The molecule has 0 radical (unpaired) electrons. The van der Waals surface area contributed by atoms with Crippen molar-refractivity contribution in [2.45, 2.75) is 10.4 Å². The minimum atomic E-state index is -5.59. The molecule has 148 valence electrons. The number of nitrogens with one attached hydrogen (secondary N) is 1. The van der Waals surface area contributed by atoms with Gasteiger partial charge in [-0.25, -0.2) is 12.9 Å². The average Bonchev–Trinajstić information content (AvgIpc) is 3.04. The highest BCUT2D eigenvalue weighted by atomic mass is 35.5. The predicted octanol–water partition coefficient (Wildman–Crippen LogP) is 3.54. The molecule has 1 amide bonds. The number of halogens is 4. The summed E-state index contributed by atoms with van der Waals surface area (Å²) in [5.41, 5.74) is -5.29. The number of aromatic nitrogens is 2. The van der Waals surface area contributed by atoms with Gasteiger partial charge in [-0.1, -0.05) is 11.6 Å². The summed E-state index contributed by atoms with van der Waals surface area (Å²) in [6.45, 7) is 0. The Morgan fingerprint density at radius 1 is 1.21 bits per heavy atom. The highest BCUT2D eigenvalue weighted by Gasteiger charge is 2.47. The van der Waals surface area contributed by atoms with Crippen LogP contribution < -0.4 is 10.1 Å². The van der Waals surface area contributed by atoms with Crippen molar-refractivity contribution in [2.75, 3.05) is 12.4 Å². The number of amides is 1. The maximum Gasteiger partial charge on any atom is 0.501 e. The molecule has 0 aliphatic carbocycles. The fourth-order valence-electron chi connectivity index (χ4n) is 2.35. The van der Waals surface area contributed by atoms with Crippen molar-refractivity contribution in [1.82, 2.24) is 9.61 Å². The smallest absolute Gasteiger partial charge is 0.495 e. The first-order valence-electron chi connectivity index (χ1n) is 7.48. The number of hydrogen-bond donors (Lipinski definition) is 1. The molecule has 1 N–H and O–H groups in total. The van der Waals surface area contributed by atoms with Gasteiger partial charge in [-0.05, 0) is 36.4 Å². The van der Waals surface area contributed by atoms with Crippen molar-refractivity contribution in [3.05, 3.63) is 53.3 Å². The van der Waals surface area contributed by atoms with Gasteiger partial charge in [-0.3, -0.25) is 4.79 Å². The Labute approximate surface area is 161 Å². The van der Waals surface area contributed by atoms with Gasteiger partial charge in [0, 0.05) is 11.2 Å². The maximum atomic E-state index is 12.8. The number of alkyl halides is 3. The molecule has 3 aromatic rings. The summed E-state index contributed by atoms with van der Waals surface area (Å²) in [5.74, 6) is -0.805. The SMILES string of the molecule is COc1ccc(S(=O)(=O)C(F)(F)F)cc1NC(=O)c1cc2cc(Cl)ccn2n1. The quantitative estimate of drug-likeness (QED) is 0.679. The molecule has 0 spiro atoms. The van der Waals surface area contributed by atoms with Crippen molar-refractivity contribution in [3.63, 3.8) is 0 Å². The summed E-state index contributed by atoms with van der Waals surface area (Å²) in [6, 6.07) is 6.94. The second-order valence-electron chi connectivity index (χ2n) is 5.51. The molecule has 2 aromatic heterocycles. The number of hydrogen-bond acceptors (Lipinski definition) is 5. The highest BCUT2D eigenvalue weighted by molar-refractivity contribution is 7.92. The van der Waals surface area contributed by atoms with E-state index in [1.54, 1.807) is 12.1 Å². The van der Waals surface area contributed by atoms with E-state index in [0.29, 0.717) is 16.6 Å². The van der Waals surface area contributed by atoms with Crippen LogP contribution in [0.1, 0.15) is 10.5 Å². The first-order valence-corrected chi connectivity index (χ1v) is 9.35. The molecule has 0 bridgehead atoms. The topological polar surface area (TPSA) is 89.8 Å². The van der Waals surface area contributed by atoms with Crippen molar-refractivity contribution in [3.8, 4) is 5.75 Å². The summed E-state index contributed by atoms with van der Waals surface area (Å²) >= 11 is 5.87. The van der Waals surface area contributed by atoms with Crippen molar-refractivity contribution < 1.29 is 31.1 Å². The number of ether oxygens (including phenoxy) is 1. The van der Waals surface area contributed by atoms with Crippen LogP contribution >= 0.6 is 11.6 Å². The molecule has 0 aliphatic heterocycles. The number of rotatable bonds is 4. The summed E-state index contributed by atoms with van der Waals surface area (Å²) in [6.07, 6.45) is 1.52. The average molecular weight is 434 g/mol. The lowest BCUT2D eigenvalue weighted by molar-refractivity contribution is -0.0436. The third kappa shape index (κ3) is 3.62. The first kappa shape index (κ1) is 20.0. The van der Waals surface area contributed by atoms with Gasteiger partial charge < -0.3 is 10.1 Å². The van der Waals surface area contributed by atoms with E-state index in [1.807, 2.05) is 0 Å². The minimum absolute atomic E-state index is 0.0266. The minimum Gasteiger partial charge on any atom is -0.495 e. The number of benzene rings is 1. The van der Waals surface area contributed by atoms with Gasteiger partial charge >= 0.3 is 5.51 Å². The molecule has 0 aliphatic rings. The first-order chi connectivity index (χ1) is 13.0. The molecule has 2 heterocycles. The van der Waals surface area contributed by atoms with Crippen LogP contribution in [0.3, 0.4) is 0 Å². The third-order valence-electron chi connectivity index (χ3n) is 3.69. The molecule has 3 rings (SSSR count). The number of carbonyl (C=O) groups excluding carboxylic acids is 1. The number of methoxy groups -OCH3 is 1. The normalized spacial score (nSPS) is 12.2. The number of carbonyl (C=O) groups is 1. The summed E-state index contributed by atoms with van der Waals surface area (Å²) in [4.78, 5) is 11.4. The molecule has 0 atom stereocenters. The van der Waals surface area contributed by atoms with E-state index in [-0.39, 0.29) is 17.1 Å². The fourth-order valence-corrected chi connectivity index (χ4v) is 3.31. The number of pyridine rings is 1. The summed E-state index contributed by atoms with van der Waals surface area (Å²) in [5, 5.41) is 6.76.